The number of benzene rings is 1. The van der Waals surface area contributed by atoms with E-state index in [1.54, 1.807) is 0 Å². The Bertz CT molecular complexity index is 839. The predicted molar refractivity (Wildman–Crippen MR) is 82.8 cm³/mol. The summed E-state index contributed by atoms with van der Waals surface area (Å²) in [5.74, 6) is 3.26. The maximum atomic E-state index is 6.05. The van der Waals surface area contributed by atoms with Gasteiger partial charge in [0, 0.05) is 18.5 Å². The Morgan fingerprint density at radius 3 is 2.91 bits per heavy atom. The lowest BCUT2D eigenvalue weighted by atomic mass is 10.2. The van der Waals surface area contributed by atoms with Crippen LogP contribution in [0.5, 0.6) is 0 Å². The summed E-state index contributed by atoms with van der Waals surface area (Å²) >= 11 is 0. The van der Waals surface area contributed by atoms with Crippen LogP contribution >= 0.6 is 0 Å². The van der Waals surface area contributed by atoms with Crippen molar-refractivity contribution < 1.29 is 0 Å². The van der Waals surface area contributed by atoms with E-state index in [1.807, 2.05) is 31.2 Å². The quantitative estimate of drug-likeness (QED) is 0.762. The van der Waals surface area contributed by atoms with Crippen molar-refractivity contribution >= 4 is 16.7 Å². The first-order valence-corrected chi connectivity index (χ1v) is 7.33. The van der Waals surface area contributed by atoms with Crippen LogP contribution in [0.1, 0.15) is 17.5 Å². The summed E-state index contributed by atoms with van der Waals surface area (Å²) in [5, 5.41) is 9.25. The summed E-state index contributed by atoms with van der Waals surface area (Å²) in [6.45, 7) is 5.25. The fraction of sp³-hybridized carbons (Fsp3) is 0.333. The van der Waals surface area contributed by atoms with Crippen LogP contribution in [0, 0.1) is 6.92 Å². The standard InChI is InChI=1S/C15H17N7/c1-10-19-20-14-9-21(6-7-22(10)14)8-13-17-12-5-3-2-4-11(12)15(16)18-13/h2-5H,6-9H2,1H3,(H2,16,17,18). The highest BCUT2D eigenvalue weighted by atomic mass is 15.3. The van der Waals surface area contributed by atoms with Crippen molar-refractivity contribution in [2.75, 3.05) is 12.3 Å². The number of hydrogen-bond donors (Lipinski definition) is 1. The first-order valence-electron chi connectivity index (χ1n) is 7.33. The minimum atomic E-state index is 0.539. The molecule has 0 aliphatic carbocycles. The van der Waals surface area contributed by atoms with E-state index in [0.29, 0.717) is 12.4 Å². The van der Waals surface area contributed by atoms with Gasteiger partial charge in [0.15, 0.2) is 0 Å². The van der Waals surface area contributed by atoms with Crippen LogP contribution in [0.25, 0.3) is 10.9 Å². The topological polar surface area (TPSA) is 85.8 Å². The molecule has 1 aromatic carbocycles. The minimum absolute atomic E-state index is 0.539. The minimum Gasteiger partial charge on any atom is -0.383 e. The molecular weight excluding hydrogens is 278 g/mol. The Hall–Kier alpha value is -2.54. The summed E-state index contributed by atoms with van der Waals surface area (Å²) < 4.78 is 2.16. The number of fused-ring (bicyclic) bond motifs is 2. The van der Waals surface area contributed by atoms with E-state index in [0.717, 1.165) is 48.0 Å². The second kappa shape index (κ2) is 5.03. The van der Waals surface area contributed by atoms with Gasteiger partial charge >= 0.3 is 0 Å². The smallest absolute Gasteiger partial charge is 0.147 e. The molecule has 0 bridgehead atoms. The van der Waals surface area contributed by atoms with Gasteiger partial charge in [0.1, 0.15) is 23.3 Å². The van der Waals surface area contributed by atoms with Gasteiger partial charge in [0.2, 0.25) is 0 Å². The molecule has 4 rings (SSSR count). The monoisotopic (exact) mass is 295 g/mol. The third-order valence-corrected chi connectivity index (χ3v) is 4.06. The van der Waals surface area contributed by atoms with Gasteiger partial charge in [-0.1, -0.05) is 12.1 Å². The first-order chi connectivity index (χ1) is 10.7. The van der Waals surface area contributed by atoms with Gasteiger partial charge in [-0.2, -0.15) is 0 Å². The lowest BCUT2D eigenvalue weighted by Gasteiger charge is -2.26. The lowest BCUT2D eigenvalue weighted by Crippen LogP contribution is -2.34. The molecule has 112 valence electrons. The molecule has 0 atom stereocenters. The van der Waals surface area contributed by atoms with Crippen LogP contribution in [-0.2, 0) is 19.6 Å². The van der Waals surface area contributed by atoms with Crippen LogP contribution in [0.2, 0.25) is 0 Å². The number of anilines is 1. The highest BCUT2D eigenvalue weighted by Gasteiger charge is 2.20. The fourth-order valence-corrected chi connectivity index (χ4v) is 2.91. The Morgan fingerprint density at radius 2 is 2.00 bits per heavy atom. The third kappa shape index (κ3) is 2.19. The fourth-order valence-electron chi connectivity index (χ4n) is 2.91. The van der Waals surface area contributed by atoms with E-state index in [9.17, 15) is 0 Å². The van der Waals surface area contributed by atoms with Crippen molar-refractivity contribution in [1.82, 2.24) is 29.6 Å². The summed E-state index contributed by atoms with van der Waals surface area (Å²) in [6.07, 6.45) is 0. The number of hydrogen-bond acceptors (Lipinski definition) is 6. The highest BCUT2D eigenvalue weighted by molar-refractivity contribution is 5.87. The van der Waals surface area contributed by atoms with Crippen LogP contribution in [0.15, 0.2) is 24.3 Å². The van der Waals surface area contributed by atoms with Gasteiger partial charge < -0.3 is 10.3 Å². The van der Waals surface area contributed by atoms with Crippen molar-refractivity contribution in [1.29, 1.82) is 0 Å². The first kappa shape index (κ1) is 13.1. The summed E-state index contributed by atoms with van der Waals surface area (Å²) in [4.78, 5) is 11.3. The number of aromatic nitrogens is 5. The largest absolute Gasteiger partial charge is 0.383 e. The normalized spacial score (nSPS) is 15.1. The van der Waals surface area contributed by atoms with Crippen molar-refractivity contribution in [2.45, 2.75) is 26.6 Å². The Balaban J connectivity index is 1.59. The zero-order valence-electron chi connectivity index (χ0n) is 12.4. The average molecular weight is 295 g/mol. The summed E-state index contributed by atoms with van der Waals surface area (Å²) in [5.41, 5.74) is 6.94. The SMILES string of the molecule is Cc1nnc2n1CCN(Cc1nc(N)c3ccccc3n1)C2. The molecule has 3 heterocycles. The maximum absolute atomic E-state index is 6.05. The molecule has 7 heteroatoms. The van der Waals surface area contributed by atoms with E-state index in [4.69, 9.17) is 5.73 Å². The van der Waals surface area contributed by atoms with Crippen molar-refractivity contribution in [2.24, 2.45) is 0 Å². The molecule has 7 nitrogen and oxygen atoms in total. The zero-order chi connectivity index (χ0) is 15.1. The molecule has 0 unspecified atom stereocenters. The van der Waals surface area contributed by atoms with E-state index in [-0.39, 0.29) is 0 Å². The molecule has 22 heavy (non-hydrogen) atoms. The van der Waals surface area contributed by atoms with Crippen molar-refractivity contribution in [3.63, 3.8) is 0 Å². The van der Waals surface area contributed by atoms with Crippen LogP contribution in [-0.4, -0.2) is 36.2 Å². The molecular formula is C15H17N7. The zero-order valence-corrected chi connectivity index (χ0v) is 12.4. The number of nitrogens with zero attached hydrogens (tertiary/aromatic N) is 6. The highest BCUT2D eigenvalue weighted by Crippen LogP contribution is 2.19. The Kier molecular flexibility index (Phi) is 3.00. The number of rotatable bonds is 2. The van der Waals surface area contributed by atoms with E-state index < -0.39 is 0 Å². The summed E-state index contributed by atoms with van der Waals surface area (Å²) in [7, 11) is 0. The predicted octanol–water partition coefficient (Wildman–Crippen LogP) is 1.13. The molecule has 0 radical (unpaired) electrons. The van der Waals surface area contributed by atoms with Crippen LogP contribution < -0.4 is 5.73 Å². The molecule has 1 aliphatic heterocycles. The Labute approximate surface area is 127 Å². The molecule has 2 aromatic heterocycles. The Morgan fingerprint density at radius 1 is 1.14 bits per heavy atom. The van der Waals surface area contributed by atoms with Gasteiger partial charge in [0.05, 0.1) is 18.6 Å². The van der Waals surface area contributed by atoms with Crippen LogP contribution in [0.4, 0.5) is 5.82 Å². The molecule has 2 N–H and O–H groups in total. The number of aryl methyl sites for hydroxylation is 1. The second-order valence-electron chi connectivity index (χ2n) is 5.57. The second-order valence-corrected chi connectivity index (χ2v) is 5.57. The number of nitrogen functional groups attached to an aromatic ring is 1. The lowest BCUT2D eigenvalue weighted by molar-refractivity contribution is 0.203. The molecule has 0 spiro atoms. The van der Waals surface area contributed by atoms with E-state index >= 15 is 0 Å². The molecule has 0 amide bonds. The molecule has 0 saturated carbocycles. The average Bonchev–Trinajstić information content (AvgIpc) is 2.88. The van der Waals surface area contributed by atoms with Gasteiger partial charge in [-0.05, 0) is 19.1 Å². The number of para-hydroxylation sites is 1. The molecule has 3 aromatic rings. The molecule has 1 aliphatic rings. The maximum Gasteiger partial charge on any atom is 0.147 e. The van der Waals surface area contributed by atoms with Crippen molar-refractivity contribution in [3.8, 4) is 0 Å². The van der Waals surface area contributed by atoms with Gasteiger partial charge in [-0.3, -0.25) is 4.90 Å². The summed E-state index contributed by atoms with van der Waals surface area (Å²) in [6, 6.07) is 7.82. The van der Waals surface area contributed by atoms with Crippen molar-refractivity contribution in [3.05, 3.63) is 41.7 Å². The number of nitrogens with two attached hydrogens (primary N) is 1. The van der Waals surface area contributed by atoms with Gasteiger partial charge in [0.25, 0.3) is 0 Å². The van der Waals surface area contributed by atoms with Gasteiger partial charge in [-0.15, -0.1) is 10.2 Å². The van der Waals surface area contributed by atoms with Gasteiger partial charge in [-0.25, -0.2) is 9.97 Å². The van der Waals surface area contributed by atoms with E-state index in [1.165, 1.54) is 0 Å². The van der Waals surface area contributed by atoms with E-state index in [2.05, 4.69) is 29.6 Å². The van der Waals surface area contributed by atoms with Crippen LogP contribution in [0.3, 0.4) is 0 Å². The molecule has 0 saturated heterocycles. The molecule has 0 fully saturated rings. The third-order valence-electron chi connectivity index (χ3n) is 4.06.